The molecular formula is C30H33N3O8. The number of H-pyrrole nitrogens is 1. The fourth-order valence-electron chi connectivity index (χ4n) is 7.08. The van der Waals surface area contributed by atoms with Crippen molar-refractivity contribution in [3.05, 3.63) is 58.0 Å². The van der Waals surface area contributed by atoms with Crippen LogP contribution in [0.3, 0.4) is 0 Å². The number of carbonyl (C=O) groups excluding carboxylic acids is 3. The molecule has 0 spiro atoms. The summed E-state index contributed by atoms with van der Waals surface area (Å²) < 4.78 is 5.42. The average molecular weight is 564 g/mol. The molecule has 11 heteroatoms. The van der Waals surface area contributed by atoms with Gasteiger partial charge in [0.05, 0.1) is 24.8 Å². The van der Waals surface area contributed by atoms with Crippen molar-refractivity contribution in [3.8, 4) is 17.0 Å². The van der Waals surface area contributed by atoms with Gasteiger partial charge in [-0.15, -0.1) is 0 Å². The number of phenolic OH excluding ortho intramolecular Hbond substituents is 1. The molecule has 1 aliphatic heterocycles. The molecule has 6 rings (SSSR count). The van der Waals surface area contributed by atoms with Crippen LogP contribution in [0, 0.1) is 11.8 Å². The van der Waals surface area contributed by atoms with E-state index >= 15 is 0 Å². The molecule has 1 saturated heterocycles. The molecule has 4 unspecified atom stereocenters. The number of hydrogen-bond acceptors (Lipinski definition) is 9. The maximum Gasteiger partial charge on any atom is 0.255 e. The molecule has 1 aromatic heterocycles. The zero-order valence-corrected chi connectivity index (χ0v) is 22.8. The van der Waals surface area contributed by atoms with E-state index in [1.165, 1.54) is 6.07 Å². The minimum atomic E-state index is -2.67. The third kappa shape index (κ3) is 3.87. The number of ketones is 2. The third-order valence-electron chi connectivity index (χ3n) is 9.15. The number of aromatic amines is 1. The van der Waals surface area contributed by atoms with Crippen LogP contribution in [0.2, 0.25) is 0 Å². The van der Waals surface area contributed by atoms with Crippen LogP contribution < -0.4 is 5.73 Å². The maximum absolute atomic E-state index is 14.1. The molecular weight excluding hydrogens is 530 g/mol. The first-order valence-corrected chi connectivity index (χ1v) is 13.8. The number of rotatable bonds is 4. The van der Waals surface area contributed by atoms with Gasteiger partial charge in [-0.05, 0) is 54.0 Å². The summed E-state index contributed by atoms with van der Waals surface area (Å²) in [6.45, 7) is 5.38. The number of ether oxygens (including phenoxy) is 1. The van der Waals surface area contributed by atoms with E-state index in [0.29, 0.717) is 31.9 Å². The number of Topliss-reactive ketones (excluding diaryl/α,β-unsaturated/α-hetero) is 2. The number of nitrogens with zero attached hydrogens (tertiary/aromatic N) is 1. The predicted octanol–water partition coefficient (Wildman–Crippen LogP) is 1.85. The van der Waals surface area contributed by atoms with Gasteiger partial charge in [0.1, 0.15) is 22.8 Å². The minimum Gasteiger partial charge on any atom is -0.508 e. The lowest BCUT2D eigenvalue weighted by Gasteiger charge is -2.51. The molecule has 2 aromatic rings. The molecule has 1 amide bonds. The number of aliphatic hydroxyl groups excluding tert-OH is 2. The Hall–Kier alpha value is -3.93. The first-order chi connectivity index (χ1) is 19.5. The summed E-state index contributed by atoms with van der Waals surface area (Å²) >= 11 is 0. The number of phenols is 1. The molecule has 4 aliphatic rings. The molecule has 2 fully saturated rings. The average Bonchev–Trinajstić information content (AvgIpc) is 3.42. The summed E-state index contributed by atoms with van der Waals surface area (Å²) in [6, 6.07) is 4.07. The number of aromatic hydroxyl groups is 1. The Labute approximate surface area is 235 Å². The Morgan fingerprint density at radius 2 is 1.88 bits per heavy atom. The molecule has 2 heterocycles. The van der Waals surface area contributed by atoms with Gasteiger partial charge in [0.2, 0.25) is 5.78 Å². The molecule has 4 atom stereocenters. The Morgan fingerprint density at radius 3 is 2.51 bits per heavy atom. The van der Waals surface area contributed by atoms with Crippen molar-refractivity contribution in [1.29, 1.82) is 0 Å². The van der Waals surface area contributed by atoms with E-state index in [0.717, 1.165) is 16.8 Å². The standard InChI is InChI=1S/C30H33N3O8/c1-13(2)15-11-19(32-12-15)16-3-4-20(34)22-17(16)9-14-10-18-24(33-5-7-41-8-6-33)26(36)23(29(31)39)28(38)30(18,40)27(37)21(14)25(22)35/h3-4,11-14,18,24,32,34-35,38,40H,5-10H2,1-2H3,(H2,31,39). The molecule has 41 heavy (non-hydrogen) atoms. The van der Waals surface area contributed by atoms with Gasteiger partial charge in [0.25, 0.3) is 5.91 Å². The molecule has 1 saturated carbocycles. The monoisotopic (exact) mass is 563 g/mol. The summed E-state index contributed by atoms with van der Waals surface area (Å²) in [5.41, 5.74) is 5.10. The molecule has 11 nitrogen and oxygen atoms in total. The van der Waals surface area contributed by atoms with Crippen molar-refractivity contribution < 1.29 is 39.5 Å². The van der Waals surface area contributed by atoms with Crippen LogP contribution in [0.15, 0.2) is 41.3 Å². The number of morpholine rings is 1. The lowest BCUT2D eigenvalue weighted by atomic mass is 9.57. The van der Waals surface area contributed by atoms with Gasteiger partial charge >= 0.3 is 0 Å². The predicted molar refractivity (Wildman–Crippen MR) is 147 cm³/mol. The van der Waals surface area contributed by atoms with Crippen LogP contribution in [0.1, 0.15) is 42.9 Å². The van der Waals surface area contributed by atoms with Gasteiger partial charge in [-0.2, -0.15) is 0 Å². The second-order valence-corrected chi connectivity index (χ2v) is 11.6. The Balaban J connectivity index is 1.52. The van der Waals surface area contributed by atoms with Crippen LogP contribution >= 0.6 is 0 Å². The van der Waals surface area contributed by atoms with Gasteiger partial charge < -0.3 is 35.9 Å². The summed E-state index contributed by atoms with van der Waals surface area (Å²) in [7, 11) is 0. The van der Waals surface area contributed by atoms with Gasteiger partial charge in [0, 0.05) is 42.0 Å². The highest BCUT2D eigenvalue weighted by atomic mass is 16.5. The third-order valence-corrected chi connectivity index (χ3v) is 9.15. The smallest absolute Gasteiger partial charge is 0.255 e. The largest absolute Gasteiger partial charge is 0.508 e. The highest BCUT2D eigenvalue weighted by molar-refractivity contribution is 6.24. The van der Waals surface area contributed by atoms with Crippen molar-refractivity contribution in [1.82, 2.24) is 9.88 Å². The number of hydrogen-bond donors (Lipinski definition) is 6. The maximum atomic E-state index is 14.1. The quantitative estimate of drug-likeness (QED) is 0.302. The fourth-order valence-corrected chi connectivity index (χ4v) is 7.08. The summed E-state index contributed by atoms with van der Waals surface area (Å²) in [5, 5.41) is 45.4. The summed E-state index contributed by atoms with van der Waals surface area (Å²) in [5.74, 6) is -6.35. The molecule has 7 N–H and O–H groups in total. The Bertz CT molecular complexity index is 1550. The second kappa shape index (κ2) is 9.57. The SMILES string of the molecule is CC(C)c1c[nH]c(-c2ccc(O)c3c2CC2CC4C(N5CCOCC5)C(=O)C(C(N)=O)=C(O)C4(O)C(=O)C2=C3O)c1. The summed E-state index contributed by atoms with van der Waals surface area (Å²) in [6.07, 6.45) is 2.17. The number of nitrogens with one attached hydrogen (secondary N) is 1. The highest BCUT2D eigenvalue weighted by Gasteiger charge is 2.64. The second-order valence-electron chi connectivity index (χ2n) is 11.6. The van der Waals surface area contributed by atoms with Crippen LogP contribution in [-0.2, 0) is 25.5 Å². The van der Waals surface area contributed by atoms with Gasteiger partial charge in [0.15, 0.2) is 11.4 Å². The van der Waals surface area contributed by atoms with Crippen LogP contribution in [0.25, 0.3) is 17.0 Å². The number of nitrogens with two attached hydrogens (primary N) is 1. The summed E-state index contributed by atoms with van der Waals surface area (Å²) in [4.78, 5) is 45.1. The van der Waals surface area contributed by atoms with Crippen LogP contribution in [0.5, 0.6) is 5.75 Å². The molecule has 1 aromatic carbocycles. The number of aromatic nitrogens is 1. The van der Waals surface area contributed by atoms with Crippen molar-refractivity contribution in [2.24, 2.45) is 17.6 Å². The number of fused-ring (bicyclic) bond motifs is 3. The van der Waals surface area contributed by atoms with E-state index in [2.05, 4.69) is 18.8 Å². The molecule has 0 bridgehead atoms. The number of amides is 1. The van der Waals surface area contributed by atoms with Crippen molar-refractivity contribution >= 4 is 23.2 Å². The van der Waals surface area contributed by atoms with Crippen LogP contribution in [0.4, 0.5) is 0 Å². The topological polar surface area (TPSA) is 186 Å². The van der Waals surface area contributed by atoms with Gasteiger partial charge in [-0.25, -0.2) is 0 Å². The van der Waals surface area contributed by atoms with Crippen molar-refractivity contribution in [3.63, 3.8) is 0 Å². The number of benzene rings is 1. The first-order valence-electron chi connectivity index (χ1n) is 13.8. The molecule has 3 aliphatic carbocycles. The first kappa shape index (κ1) is 27.3. The van der Waals surface area contributed by atoms with E-state index in [-0.39, 0.29) is 35.6 Å². The van der Waals surface area contributed by atoms with E-state index in [9.17, 15) is 34.8 Å². The lowest BCUT2D eigenvalue weighted by Crippen LogP contribution is -2.67. The Morgan fingerprint density at radius 1 is 1.17 bits per heavy atom. The normalized spacial score (nSPS) is 28.5. The lowest BCUT2D eigenvalue weighted by molar-refractivity contribution is -0.157. The van der Waals surface area contributed by atoms with Gasteiger partial charge in [-0.1, -0.05) is 13.8 Å². The van der Waals surface area contributed by atoms with Crippen molar-refractivity contribution in [2.45, 2.75) is 44.2 Å². The van der Waals surface area contributed by atoms with Crippen LogP contribution in [-0.4, -0.2) is 85.7 Å². The zero-order valence-electron chi connectivity index (χ0n) is 22.8. The number of aliphatic hydroxyl groups is 3. The van der Waals surface area contributed by atoms with Gasteiger partial charge in [-0.3, -0.25) is 19.3 Å². The van der Waals surface area contributed by atoms with Crippen molar-refractivity contribution in [2.75, 3.05) is 26.3 Å². The zero-order chi connectivity index (χ0) is 29.4. The van der Waals surface area contributed by atoms with E-state index in [4.69, 9.17) is 10.5 Å². The van der Waals surface area contributed by atoms with E-state index < -0.39 is 58.0 Å². The minimum absolute atomic E-state index is 0.0437. The fraction of sp³-hybridized carbons (Fsp3) is 0.433. The molecule has 216 valence electrons. The number of primary amides is 1. The highest BCUT2D eigenvalue weighted by Crippen LogP contribution is 2.53. The number of carbonyl (C=O) groups is 3. The molecule has 0 radical (unpaired) electrons. The Kier molecular flexibility index (Phi) is 6.36. The van der Waals surface area contributed by atoms with E-state index in [1.807, 2.05) is 12.3 Å². The van der Waals surface area contributed by atoms with E-state index in [1.54, 1.807) is 11.0 Å².